The van der Waals surface area contributed by atoms with E-state index in [1.54, 1.807) is 6.08 Å². The Morgan fingerprint density at radius 1 is 0.920 bits per heavy atom. The number of allylic oxidation sites excluding steroid dienone is 3. The van der Waals surface area contributed by atoms with Gasteiger partial charge in [-0.15, -0.1) is 0 Å². The topological polar surface area (TPSA) is 101 Å². The van der Waals surface area contributed by atoms with Gasteiger partial charge in [-0.25, -0.2) is 0 Å². The molecule has 0 bridgehead atoms. The van der Waals surface area contributed by atoms with Crippen molar-refractivity contribution in [3.8, 4) is 0 Å². The zero-order valence-electron chi connectivity index (χ0n) is 16.1. The summed E-state index contributed by atoms with van der Waals surface area (Å²) in [6.45, 7) is 6.86. The number of hydrogen-bond acceptors (Lipinski definition) is 5. The Kier molecular flexibility index (Phi) is 11.9. The van der Waals surface area contributed by atoms with Crippen LogP contribution in [-0.2, 0) is 0 Å². The van der Waals surface area contributed by atoms with Crippen molar-refractivity contribution in [2.24, 2.45) is 0 Å². The molecule has 0 saturated heterocycles. The van der Waals surface area contributed by atoms with Gasteiger partial charge in [0.2, 0.25) is 0 Å². The normalized spacial score (nSPS) is 16.9. The summed E-state index contributed by atoms with van der Waals surface area (Å²) in [4.78, 5) is 0. The third-order valence-corrected chi connectivity index (χ3v) is 4.19. The zero-order valence-corrected chi connectivity index (χ0v) is 16.1. The first-order valence-electron chi connectivity index (χ1n) is 8.91. The fourth-order valence-corrected chi connectivity index (χ4v) is 2.52. The summed E-state index contributed by atoms with van der Waals surface area (Å²) < 4.78 is 0. The summed E-state index contributed by atoms with van der Waals surface area (Å²) in [7, 11) is 0. The van der Waals surface area contributed by atoms with Gasteiger partial charge >= 0.3 is 0 Å². The van der Waals surface area contributed by atoms with Crippen LogP contribution in [0.1, 0.15) is 59.8 Å². The van der Waals surface area contributed by atoms with Crippen LogP contribution in [0.2, 0.25) is 0 Å². The smallest absolute Gasteiger partial charge is 0.108 e. The molecule has 2 atom stereocenters. The summed E-state index contributed by atoms with van der Waals surface area (Å²) in [5.41, 5.74) is 1.76. The van der Waals surface area contributed by atoms with Crippen molar-refractivity contribution >= 4 is 0 Å². The van der Waals surface area contributed by atoms with Gasteiger partial charge < -0.3 is 25.5 Å². The second-order valence-corrected chi connectivity index (χ2v) is 7.25. The average Bonchev–Trinajstić information content (AvgIpc) is 2.52. The highest BCUT2D eigenvalue weighted by atomic mass is 16.4. The molecule has 0 aliphatic heterocycles. The van der Waals surface area contributed by atoms with Crippen molar-refractivity contribution in [3.05, 3.63) is 34.9 Å². The highest BCUT2D eigenvalue weighted by Crippen LogP contribution is 2.18. The second-order valence-electron chi connectivity index (χ2n) is 7.25. The first-order valence-corrected chi connectivity index (χ1v) is 8.91. The molecular weight excluding hydrogens is 320 g/mol. The molecule has 0 radical (unpaired) electrons. The van der Waals surface area contributed by atoms with Crippen LogP contribution in [0.25, 0.3) is 0 Å². The minimum Gasteiger partial charge on any atom is -0.392 e. The summed E-state index contributed by atoms with van der Waals surface area (Å²) in [6.07, 6.45) is 7.32. The first-order chi connectivity index (χ1) is 11.6. The van der Waals surface area contributed by atoms with E-state index in [0.717, 1.165) is 36.8 Å². The van der Waals surface area contributed by atoms with Crippen LogP contribution in [0, 0.1) is 0 Å². The van der Waals surface area contributed by atoms with E-state index in [2.05, 4.69) is 13.0 Å². The molecule has 5 nitrogen and oxygen atoms in total. The van der Waals surface area contributed by atoms with Gasteiger partial charge in [-0.3, -0.25) is 0 Å². The fourth-order valence-electron chi connectivity index (χ4n) is 2.52. The van der Waals surface area contributed by atoms with Gasteiger partial charge in [0.25, 0.3) is 0 Å². The lowest BCUT2D eigenvalue weighted by atomic mass is 9.93. The molecule has 5 N–H and O–H groups in total. The summed E-state index contributed by atoms with van der Waals surface area (Å²) in [5, 5.41) is 47.5. The summed E-state index contributed by atoms with van der Waals surface area (Å²) in [5.74, 6) is 0. The van der Waals surface area contributed by atoms with Gasteiger partial charge in [-0.05, 0) is 65.4 Å². The van der Waals surface area contributed by atoms with Gasteiger partial charge in [0.15, 0.2) is 0 Å². The lowest BCUT2D eigenvalue weighted by Crippen LogP contribution is -2.44. The maximum atomic E-state index is 9.96. The Bertz CT molecular complexity index is 457. The van der Waals surface area contributed by atoms with Gasteiger partial charge in [-0.1, -0.05) is 29.4 Å². The van der Waals surface area contributed by atoms with Crippen LogP contribution in [-0.4, -0.2) is 56.6 Å². The van der Waals surface area contributed by atoms with Crippen LogP contribution in [0.15, 0.2) is 34.9 Å². The maximum Gasteiger partial charge on any atom is 0.108 e. The van der Waals surface area contributed by atoms with Crippen LogP contribution in [0.5, 0.6) is 0 Å². The number of rotatable bonds is 12. The molecule has 0 amide bonds. The molecule has 0 rings (SSSR count). The predicted octanol–water partition coefficient (Wildman–Crippen LogP) is 2.23. The van der Waals surface area contributed by atoms with Crippen molar-refractivity contribution in [2.75, 3.05) is 13.2 Å². The van der Waals surface area contributed by atoms with Crippen LogP contribution in [0.3, 0.4) is 0 Å². The zero-order chi connectivity index (χ0) is 19.5. The SMILES string of the molecule is CC(=CCCC(=CCO)CO)CCC=C(C)CC(O)C(O)C(C)(C)O. The Labute approximate surface area is 152 Å². The minimum absolute atomic E-state index is 0.0196. The molecular formula is C20H36O5. The van der Waals surface area contributed by atoms with E-state index >= 15 is 0 Å². The number of aliphatic hydroxyl groups is 5. The van der Waals surface area contributed by atoms with E-state index in [4.69, 9.17) is 10.2 Å². The van der Waals surface area contributed by atoms with Gasteiger partial charge in [0, 0.05) is 0 Å². The Morgan fingerprint density at radius 3 is 2.00 bits per heavy atom. The quantitative estimate of drug-likeness (QED) is 0.345. The van der Waals surface area contributed by atoms with E-state index < -0.39 is 17.8 Å². The Hall–Kier alpha value is -0.980. The number of hydrogen-bond donors (Lipinski definition) is 5. The van der Waals surface area contributed by atoms with Crippen molar-refractivity contribution in [2.45, 2.75) is 77.6 Å². The Morgan fingerprint density at radius 2 is 1.48 bits per heavy atom. The lowest BCUT2D eigenvalue weighted by Gasteiger charge is -2.28. The van der Waals surface area contributed by atoms with E-state index in [-0.39, 0.29) is 13.2 Å². The molecule has 0 saturated carbocycles. The molecule has 5 heteroatoms. The molecule has 0 spiro atoms. The molecule has 0 aromatic rings. The Balaban J connectivity index is 4.28. The standard InChI is InChI=1S/C20H36O5/c1-15(8-6-10-17(14-22)11-12-21)7-5-9-16(2)13-18(23)19(24)20(3,4)25/h8-9,11,18-19,21-25H,5-7,10,12-14H2,1-4H3. The third kappa shape index (κ3) is 11.3. The van der Waals surface area contributed by atoms with Crippen LogP contribution in [0.4, 0.5) is 0 Å². The van der Waals surface area contributed by atoms with Crippen LogP contribution >= 0.6 is 0 Å². The molecule has 0 aliphatic carbocycles. The van der Waals surface area contributed by atoms with Crippen molar-refractivity contribution in [1.82, 2.24) is 0 Å². The highest BCUT2D eigenvalue weighted by Gasteiger charge is 2.30. The lowest BCUT2D eigenvalue weighted by molar-refractivity contribution is -0.105. The maximum absolute atomic E-state index is 9.96. The van der Waals surface area contributed by atoms with Crippen LogP contribution < -0.4 is 0 Å². The fraction of sp³-hybridized carbons (Fsp3) is 0.700. The van der Waals surface area contributed by atoms with Gasteiger partial charge in [0.1, 0.15) is 6.10 Å². The molecule has 0 fully saturated rings. The van der Waals surface area contributed by atoms with Crippen molar-refractivity contribution in [3.63, 3.8) is 0 Å². The molecule has 2 unspecified atom stereocenters. The van der Waals surface area contributed by atoms with E-state index in [9.17, 15) is 15.3 Å². The van der Waals surface area contributed by atoms with Gasteiger partial charge in [0.05, 0.1) is 24.9 Å². The highest BCUT2D eigenvalue weighted by molar-refractivity contribution is 5.08. The molecule has 146 valence electrons. The molecule has 0 aromatic heterocycles. The number of aliphatic hydroxyl groups excluding tert-OH is 4. The largest absolute Gasteiger partial charge is 0.392 e. The average molecular weight is 357 g/mol. The molecule has 0 aliphatic rings. The molecule has 25 heavy (non-hydrogen) atoms. The summed E-state index contributed by atoms with van der Waals surface area (Å²) in [6, 6.07) is 0. The second kappa shape index (κ2) is 12.4. The van der Waals surface area contributed by atoms with E-state index in [1.165, 1.54) is 19.4 Å². The minimum atomic E-state index is -1.32. The first kappa shape index (κ1) is 24.0. The van der Waals surface area contributed by atoms with Gasteiger partial charge in [-0.2, -0.15) is 0 Å². The summed E-state index contributed by atoms with van der Waals surface area (Å²) >= 11 is 0. The molecule has 0 heterocycles. The molecule has 0 aromatic carbocycles. The van der Waals surface area contributed by atoms with Crippen molar-refractivity contribution < 1.29 is 25.5 Å². The third-order valence-electron chi connectivity index (χ3n) is 4.19. The van der Waals surface area contributed by atoms with E-state index in [1.807, 2.05) is 13.0 Å². The van der Waals surface area contributed by atoms with E-state index in [0.29, 0.717) is 6.42 Å². The predicted molar refractivity (Wildman–Crippen MR) is 101 cm³/mol. The monoisotopic (exact) mass is 356 g/mol. The van der Waals surface area contributed by atoms with Crippen molar-refractivity contribution in [1.29, 1.82) is 0 Å².